The van der Waals surface area contributed by atoms with Gasteiger partial charge in [0.2, 0.25) is 0 Å². The van der Waals surface area contributed by atoms with Crippen LogP contribution in [0.2, 0.25) is 0 Å². The van der Waals surface area contributed by atoms with Crippen molar-refractivity contribution in [2.75, 3.05) is 0 Å². The van der Waals surface area contributed by atoms with E-state index in [2.05, 4.69) is 285 Å². The van der Waals surface area contributed by atoms with Crippen molar-refractivity contribution in [1.82, 2.24) is 19.9 Å². The third kappa shape index (κ3) is 9.51. The van der Waals surface area contributed by atoms with Crippen LogP contribution >= 0.6 is 0 Å². The first-order valence-electron chi connectivity index (χ1n) is 25.7. The predicted octanol–water partition coefficient (Wildman–Crippen LogP) is 18.8. The van der Waals surface area contributed by atoms with Gasteiger partial charge in [-0.1, -0.05) is 224 Å². The molecule has 76 heavy (non-hydrogen) atoms. The zero-order valence-electron chi connectivity index (χ0n) is 41.5. The lowest BCUT2D eigenvalue weighted by molar-refractivity contribution is 1.07. The van der Waals surface area contributed by atoms with Gasteiger partial charge in [-0.2, -0.15) is 0 Å². The van der Waals surface area contributed by atoms with Crippen molar-refractivity contribution in [3.8, 4) is 123 Å². The summed E-state index contributed by atoms with van der Waals surface area (Å²) in [6, 6.07) is 101. The van der Waals surface area contributed by atoms with Crippen LogP contribution in [0.15, 0.2) is 291 Å². The van der Waals surface area contributed by atoms with Crippen LogP contribution in [0.3, 0.4) is 0 Å². The summed E-state index contributed by atoms with van der Waals surface area (Å²) in [6.07, 6.45) is 1.89. The Morgan fingerprint density at radius 2 is 0.474 bits per heavy atom. The Bertz CT molecular complexity index is 3890. The zero-order valence-corrected chi connectivity index (χ0v) is 41.5. The van der Waals surface area contributed by atoms with E-state index >= 15 is 0 Å². The maximum absolute atomic E-state index is 5.33. The number of pyridine rings is 1. The van der Waals surface area contributed by atoms with Gasteiger partial charge in [0.1, 0.15) is 0 Å². The van der Waals surface area contributed by atoms with Gasteiger partial charge < -0.3 is 0 Å². The lowest BCUT2D eigenvalue weighted by Crippen LogP contribution is -2.00. The van der Waals surface area contributed by atoms with Crippen LogP contribution in [0.25, 0.3) is 134 Å². The van der Waals surface area contributed by atoms with Gasteiger partial charge in [-0.25, -0.2) is 15.0 Å². The second-order valence-electron chi connectivity index (χ2n) is 19.1. The van der Waals surface area contributed by atoms with Gasteiger partial charge in [0.25, 0.3) is 0 Å². The fourth-order valence-corrected chi connectivity index (χ4v) is 10.2. The molecule has 0 spiro atoms. The Hall–Kier alpha value is -10.2. The van der Waals surface area contributed by atoms with Gasteiger partial charge in [-0.3, -0.25) is 4.98 Å². The standard InChI is InChI=1S/C72H48N4/c1-5-18-49(19-6-1)62-43-63(50-20-7-2-8-21-50)46-66(45-62)57-28-16-31-60(41-57)71-74-70(55-36-34-53(35-37-55)56-27-15-30-59(40-56)69-68-33-14-13-26-54(68)38-39-73-69)75-72(76-71)61-32-17-29-58(42-61)67-47-64(51-22-9-3-10-23-51)44-65(48-67)52-24-11-4-12-25-52/h1-48H. The van der Waals surface area contributed by atoms with Crippen molar-refractivity contribution < 1.29 is 0 Å². The molecule has 0 aliphatic rings. The average Bonchev–Trinajstić information content (AvgIpc) is 3.52. The molecule has 4 heteroatoms. The highest BCUT2D eigenvalue weighted by atomic mass is 15.0. The van der Waals surface area contributed by atoms with Gasteiger partial charge in [0.15, 0.2) is 17.5 Å². The second-order valence-corrected chi connectivity index (χ2v) is 19.1. The Balaban J connectivity index is 0.924. The van der Waals surface area contributed by atoms with Crippen LogP contribution in [0, 0.1) is 0 Å². The number of hydrogen-bond donors (Lipinski definition) is 0. The summed E-state index contributed by atoms with van der Waals surface area (Å²) in [7, 11) is 0. The van der Waals surface area contributed by atoms with Crippen molar-refractivity contribution >= 4 is 10.8 Å². The second kappa shape index (κ2) is 20.4. The number of hydrogen-bond acceptors (Lipinski definition) is 4. The molecule has 4 nitrogen and oxygen atoms in total. The van der Waals surface area contributed by atoms with E-state index in [9.17, 15) is 0 Å². The first-order chi connectivity index (χ1) is 37.6. The van der Waals surface area contributed by atoms with E-state index in [4.69, 9.17) is 19.9 Å². The number of benzene rings is 11. The number of rotatable bonds is 11. The summed E-state index contributed by atoms with van der Waals surface area (Å²) in [5.41, 5.74) is 20.5. The fraction of sp³-hybridized carbons (Fsp3) is 0. The monoisotopic (exact) mass is 968 g/mol. The van der Waals surface area contributed by atoms with E-state index in [1.54, 1.807) is 0 Å². The minimum atomic E-state index is 0.589. The molecular formula is C72H48N4. The lowest BCUT2D eigenvalue weighted by Gasteiger charge is -2.14. The highest BCUT2D eigenvalue weighted by molar-refractivity contribution is 5.95. The number of aromatic nitrogens is 4. The largest absolute Gasteiger partial charge is 0.256 e. The summed E-state index contributed by atoms with van der Waals surface area (Å²) >= 11 is 0. The summed E-state index contributed by atoms with van der Waals surface area (Å²) in [4.78, 5) is 20.7. The Morgan fingerprint density at radius 1 is 0.184 bits per heavy atom. The minimum absolute atomic E-state index is 0.589. The average molecular weight is 969 g/mol. The van der Waals surface area contributed by atoms with Crippen molar-refractivity contribution in [3.05, 3.63) is 291 Å². The quantitative estimate of drug-likeness (QED) is 0.130. The van der Waals surface area contributed by atoms with E-state index in [-0.39, 0.29) is 0 Å². The Morgan fingerprint density at radius 3 is 0.921 bits per heavy atom. The van der Waals surface area contributed by atoms with E-state index in [1.165, 1.54) is 5.39 Å². The molecule has 11 aromatic carbocycles. The molecule has 0 amide bonds. The molecule has 2 aromatic heterocycles. The smallest absolute Gasteiger partial charge is 0.164 e. The van der Waals surface area contributed by atoms with Crippen molar-refractivity contribution in [3.63, 3.8) is 0 Å². The maximum atomic E-state index is 5.33. The fourth-order valence-electron chi connectivity index (χ4n) is 10.2. The van der Waals surface area contributed by atoms with Crippen LogP contribution in [-0.4, -0.2) is 19.9 Å². The molecule has 0 atom stereocenters. The SMILES string of the molecule is c1ccc(-c2cc(-c3ccccc3)cc(-c3cccc(-c4nc(-c5ccc(-c6cccc(-c7nccc8ccccc78)c6)cc5)nc(-c5cccc(-c6cc(-c7ccccc7)cc(-c7ccccc7)c6)c5)n4)c3)c2)cc1. The molecule has 0 fully saturated rings. The first kappa shape index (κ1) is 45.7. The number of nitrogens with zero attached hydrogens (tertiary/aromatic N) is 4. The molecule has 0 saturated heterocycles. The van der Waals surface area contributed by atoms with E-state index in [0.717, 1.165) is 111 Å². The summed E-state index contributed by atoms with van der Waals surface area (Å²) in [6.45, 7) is 0. The summed E-state index contributed by atoms with van der Waals surface area (Å²) in [5.74, 6) is 1.77. The first-order valence-corrected chi connectivity index (χ1v) is 25.7. The summed E-state index contributed by atoms with van der Waals surface area (Å²) in [5, 5.41) is 2.30. The van der Waals surface area contributed by atoms with E-state index in [1.807, 2.05) is 6.20 Å². The van der Waals surface area contributed by atoms with Crippen molar-refractivity contribution in [2.24, 2.45) is 0 Å². The minimum Gasteiger partial charge on any atom is -0.256 e. The highest BCUT2D eigenvalue weighted by Crippen LogP contribution is 2.38. The molecule has 0 bridgehead atoms. The molecule has 0 aliphatic heterocycles. The third-order valence-electron chi connectivity index (χ3n) is 14.1. The molecular weight excluding hydrogens is 921 g/mol. The van der Waals surface area contributed by atoms with E-state index in [0.29, 0.717) is 17.5 Å². The normalized spacial score (nSPS) is 11.2. The van der Waals surface area contributed by atoms with Crippen molar-refractivity contribution in [1.29, 1.82) is 0 Å². The Labute approximate surface area is 443 Å². The van der Waals surface area contributed by atoms with Gasteiger partial charge >= 0.3 is 0 Å². The molecule has 13 aromatic rings. The van der Waals surface area contributed by atoms with Crippen LogP contribution in [-0.2, 0) is 0 Å². The van der Waals surface area contributed by atoms with Gasteiger partial charge in [0.05, 0.1) is 5.69 Å². The van der Waals surface area contributed by atoms with E-state index < -0.39 is 0 Å². The lowest BCUT2D eigenvalue weighted by atomic mass is 9.92. The molecule has 0 radical (unpaired) electrons. The predicted molar refractivity (Wildman–Crippen MR) is 315 cm³/mol. The highest BCUT2D eigenvalue weighted by Gasteiger charge is 2.17. The topological polar surface area (TPSA) is 51.6 Å². The molecule has 2 heterocycles. The van der Waals surface area contributed by atoms with Gasteiger partial charge in [-0.15, -0.1) is 0 Å². The molecule has 0 N–H and O–H groups in total. The third-order valence-corrected chi connectivity index (χ3v) is 14.1. The molecule has 356 valence electrons. The van der Waals surface area contributed by atoms with Crippen molar-refractivity contribution in [2.45, 2.75) is 0 Å². The van der Waals surface area contributed by atoms with Crippen LogP contribution < -0.4 is 0 Å². The number of fused-ring (bicyclic) bond motifs is 1. The van der Waals surface area contributed by atoms with Gasteiger partial charge in [-0.05, 0) is 144 Å². The molecule has 0 aliphatic carbocycles. The molecule has 0 unspecified atom stereocenters. The summed E-state index contributed by atoms with van der Waals surface area (Å²) < 4.78 is 0. The van der Waals surface area contributed by atoms with Gasteiger partial charge in [0, 0.05) is 33.8 Å². The molecule has 13 rings (SSSR count). The van der Waals surface area contributed by atoms with Crippen LogP contribution in [0.5, 0.6) is 0 Å². The van der Waals surface area contributed by atoms with Crippen LogP contribution in [0.1, 0.15) is 0 Å². The van der Waals surface area contributed by atoms with Crippen LogP contribution in [0.4, 0.5) is 0 Å². The zero-order chi connectivity index (χ0) is 50.6. The Kier molecular flexibility index (Phi) is 12.3. The molecule has 0 saturated carbocycles. The maximum Gasteiger partial charge on any atom is 0.164 e.